The van der Waals surface area contributed by atoms with E-state index < -0.39 is 0 Å². The van der Waals surface area contributed by atoms with Crippen LogP contribution in [0.15, 0.2) is 48.2 Å². The smallest absolute Gasteiger partial charge is 0.148 e. The maximum atomic E-state index is 10.6. The lowest BCUT2D eigenvalue weighted by Gasteiger charge is -2.19. The number of nitrogens with zero attached hydrogens (tertiary/aromatic N) is 3. The number of imidazole rings is 1. The van der Waals surface area contributed by atoms with Crippen molar-refractivity contribution in [3.8, 4) is 0 Å². The van der Waals surface area contributed by atoms with Crippen LogP contribution in [0.1, 0.15) is 36.7 Å². The minimum Gasteiger partial charge on any atom is -0.509 e. The third-order valence-electron chi connectivity index (χ3n) is 5.23. The van der Waals surface area contributed by atoms with E-state index in [1.807, 2.05) is 53.8 Å². The van der Waals surface area contributed by atoms with Gasteiger partial charge in [-0.15, -0.1) is 0 Å². The van der Waals surface area contributed by atoms with Crippen molar-refractivity contribution in [2.75, 3.05) is 11.4 Å². The van der Waals surface area contributed by atoms with Gasteiger partial charge in [-0.05, 0) is 48.2 Å². The van der Waals surface area contributed by atoms with E-state index in [0.717, 1.165) is 22.3 Å². The van der Waals surface area contributed by atoms with E-state index in [4.69, 9.17) is 10.4 Å². The Labute approximate surface area is 159 Å². The summed E-state index contributed by atoms with van der Waals surface area (Å²) in [6.07, 6.45) is 0. The highest BCUT2D eigenvalue weighted by Crippen LogP contribution is 2.32. The Morgan fingerprint density at radius 1 is 1.11 bits per heavy atom. The van der Waals surface area contributed by atoms with Crippen LogP contribution in [0.3, 0.4) is 0 Å². The fourth-order valence-corrected chi connectivity index (χ4v) is 3.61. The van der Waals surface area contributed by atoms with Crippen molar-refractivity contribution in [1.82, 2.24) is 9.55 Å². The van der Waals surface area contributed by atoms with Crippen molar-refractivity contribution < 1.29 is 5.11 Å². The summed E-state index contributed by atoms with van der Waals surface area (Å²) in [5.74, 6) is 1.55. The highest BCUT2D eigenvalue weighted by atomic mass is 16.3. The summed E-state index contributed by atoms with van der Waals surface area (Å²) >= 11 is 0. The predicted molar refractivity (Wildman–Crippen MR) is 111 cm³/mol. The van der Waals surface area contributed by atoms with E-state index in [1.165, 1.54) is 5.56 Å². The molecule has 1 aliphatic heterocycles. The lowest BCUT2D eigenvalue weighted by Crippen LogP contribution is -2.26. The molecular formula is C22H24N4O. The third kappa shape index (κ3) is 2.79. The van der Waals surface area contributed by atoms with Crippen LogP contribution in [0, 0.1) is 12.3 Å². The van der Waals surface area contributed by atoms with E-state index in [2.05, 4.69) is 26.0 Å². The van der Waals surface area contributed by atoms with Gasteiger partial charge in [-0.25, -0.2) is 4.98 Å². The largest absolute Gasteiger partial charge is 0.509 e. The van der Waals surface area contributed by atoms with Gasteiger partial charge in [0.1, 0.15) is 17.4 Å². The SMILES string of the molecule is Cc1ccc2c(c1)nc(C1=C(O)CN(c3ccc(C(C)C)cc3)C1=N)n2C. The average molecular weight is 360 g/mol. The summed E-state index contributed by atoms with van der Waals surface area (Å²) in [6.45, 7) is 6.64. The first kappa shape index (κ1) is 17.3. The molecule has 4 rings (SSSR count). The van der Waals surface area contributed by atoms with Gasteiger partial charge in [0.05, 0.1) is 23.2 Å². The Morgan fingerprint density at radius 2 is 1.81 bits per heavy atom. The molecule has 0 radical (unpaired) electrons. The number of rotatable bonds is 3. The van der Waals surface area contributed by atoms with E-state index in [0.29, 0.717) is 17.3 Å². The molecule has 0 atom stereocenters. The number of aliphatic hydroxyl groups excluding tert-OH is 1. The molecule has 0 spiro atoms. The number of hydrogen-bond donors (Lipinski definition) is 2. The third-order valence-corrected chi connectivity index (χ3v) is 5.23. The Hall–Kier alpha value is -3.08. The summed E-state index contributed by atoms with van der Waals surface area (Å²) < 4.78 is 1.94. The second-order valence-electron chi connectivity index (χ2n) is 7.49. The maximum absolute atomic E-state index is 10.6. The molecule has 3 aromatic rings. The number of aliphatic hydroxyl groups is 1. The van der Waals surface area contributed by atoms with Crippen molar-refractivity contribution in [1.29, 1.82) is 5.41 Å². The van der Waals surface area contributed by atoms with Gasteiger partial charge in [0.15, 0.2) is 0 Å². The van der Waals surface area contributed by atoms with Crippen LogP contribution in [0.25, 0.3) is 16.6 Å². The second-order valence-corrected chi connectivity index (χ2v) is 7.49. The van der Waals surface area contributed by atoms with Crippen molar-refractivity contribution in [2.45, 2.75) is 26.7 Å². The fraction of sp³-hybridized carbons (Fsp3) is 0.273. The normalized spacial score (nSPS) is 14.9. The number of anilines is 1. The summed E-state index contributed by atoms with van der Waals surface area (Å²) in [4.78, 5) is 6.52. The maximum Gasteiger partial charge on any atom is 0.148 e. The molecule has 27 heavy (non-hydrogen) atoms. The molecule has 1 aliphatic rings. The van der Waals surface area contributed by atoms with Gasteiger partial charge in [0.2, 0.25) is 0 Å². The van der Waals surface area contributed by atoms with Gasteiger partial charge >= 0.3 is 0 Å². The van der Waals surface area contributed by atoms with Crippen molar-refractivity contribution in [2.24, 2.45) is 7.05 Å². The lowest BCUT2D eigenvalue weighted by atomic mass is 10.0. The molecule has 5 nitrogen and oxygen atoms in total. The molecule has 138 valence electrons. The summed E-state index contributed by atoms with van der Waals surface area (Å²) in [5.41, 5.74) is 5.66. The predicted octanol–water partition coefficient (Wildman–Crippen LogP) is 4.77. The Bertz CT molecular complexity index is 1070. The van der Waals surface area contributed by atoms with Gasteiger partial charge in [-0.2, -0.15) is 0 Å². The highest BCUT2D eigenvalue weighted by molar-refractivity contribution is 6.30. The fourth-order valence-electron chi connectivity index (χ4n) is 3.61. The number of amidine groups is 1. The number of aromatic nitrogens is 2. The first-order chi connectivity index (χ1) is 12.9. The molecule has 0 unspecified atom stereocenters. The molecule has 5 heteroatoms. The topological polar surface area (TPSA) is 65.1 Å². The van der Waals surface area contributed by atoms with E-state index in [9.17, 15) is 5.11 Å². The molecule has 0 bridgehead atoms. The molecule has 2 aromatic carbocycles. The standard InChI is InChI=1S/C22H24N4O/c1-13(2)15-6-8-16(9-7-15)26-12-19(27)20(21(26)23)22-24-17-11-14(3)5-10-18(17)25(22)4/h5-11,13,23,27H,12H2,1-4H3. The van der Waals surface area contributed by atoms with Crippen LogP contribution in [-0.2, 0) is 7.05 Å². The van der Waals surface area contributed by atoms with Crippen molar-refractivity contribution in [3.05, 3.63) is 65.2 Å². The molecule has 2 heterocycles. The first-order valence-electron chi connectivity index (χ1n) is 9.19. The zero-order chi connectivity index (χ0) is 19.3. The number of hydrogen-bond acceptors (Lipinski definition) is 3. The lowest BCUT2D eigenvalue weighted by molar-refractivity contribution is 0.411. The molecule has 0 amide bonds. The molecule has 1 aromatic heterocycles. The second kappa shape index (κ2) is 6.27. The highest BCUT2D eigenvalue weighted by Gasteiger charge is 2.32. The molecular weight excluding hydrogens is 336 g/mol. The molecule has 0 fully saturated rings. The van der Waals surface area contributed by atoms with Crippen molar-refractivity contribution >= 4 is 28.1 Å². The van der Waals surface area contributed by atoms with Gasteiger partial charge in [-0.1, -0.05) is 32.0 Å². The monoisotopic (exact) mass is 360 g/mol. The summed E-state index contributed by atoms with van der Waals surface area (Å²) in [6, 6.07) is 14.3. The first-order valence-corrected chi connectivity index (χ1v) is 9.19. The summed E-state index contributed by atoms with van der Waals surface area (Å²) in [5, 5.41) is 19.3. The van der Waals surface area contributed by atoms with Crippen LogP contribution in [0.5, 0.6) is 0 Å². The van der Waals surface area contributed by atoms with Crippen LogP contribution in [0.4, 0.5) is 5.69 Å². The number of benzene rings is 2. The Kier molecular flexibility index (Phi) is 4.02. The number of aryl methyl sites for hydroxylation is 2. The van der Waals surface area contributed by atoms with Crippen LogP contribution in [-0.4, -0.2) is 27.0 Å². The van der Waals surface area contributed by atoms with Gasteiger partial charge in [0, 0.05) is 12.7 Å². The minimum absolute atomic E-state index is 0.183. The molecule has 0 saturated heterocycles. The Morgan fingerprint density at radius 3 is 2.48 bits per heavy atom. The van der Waals surface area contributed by atoms with Crippen LogP contribution in [0.2, 0.25) is 0 Å². The van der Waals surface area contributed by atoms with Crippen LogP contribution >= 0.6 is 0 Å². The molecule has 0 aliphatic carbocycles. The quantitative estimate of drug-likeness (QED) is 0.707. The van der Waals surface area contributed by atoms with Crippen molar-refractivity contribution in [3.63, 3.8) is 0 Å². The van der Waals surface area contributed by atoms with Gasteiger partial charge in [-0.3, -0.25) is 5.41 Å². The van der Waals surface area contributed by atoms with E-state index >= 15 is 0 Å². The average Bonchev–Trinajstić information content (AvgIpc) is 3.10. The Balaban J connectivity index is 1.72. The number of nitrogens with one attached hydrogen (secondary N) is 1. The zero-order valence-corrected chi connectivity index (χ0v) is 16.1. The van der Waals surface area contributed by atoms with E-state index in [1.54, 1.807) is 0 Å². The molecule has 0 saturated carbocycles. The van der Waals surface area contributed by atoms with Gasteiger partial charge in [0.25, 0.3) is 0 Å². The molecule has 2 N–H and O–H groups in total. The number of fused-ring (bicyclic) bond motifs is 1. The summed E-state index contributed by atoms with van der Waals surface area (Å²) in [7, 11) is 1.92. The van der Waals surface area contributed by atoms with Gasteiger partial charge < -0.3 is 14.6 Å². The van der Waals surface area contributed by atoms with E-state index in [-0.39, 0.29) is 18.1 Å². The zero-order valence-electron chi connectivity index (χ0n) is 16.1. The minimum atomic E-state index is 0.183. The van der Waals surface area contributed by atoms with Crippen LogP contribution < -0.4 is 4.90 Å².